The van der Waals surface area contributed by atoms with Crippen molar-refractivity contribution >= 4 is 15.9 Å². The molecule has 0 saturated heterocycles. The van der Waals surface area contributed by atoms with Crippen LogP contribution in [-0.2, 0) is 0 Å². The molecule has 0 aliphatic carbocycles. The molecule has 0 bridgehead atoms. The summed E-state index contributed by atoms with van der Waals surface area (Å²) < 4.78 is 7.14. The molecule has 3 heteroatoms. The van der Waals surface area contributed by atoms with E-state index in [1.54, 1.807) is 0 Å². The van der Waals surface area contributed by atoms with E-state index in [9.17, 15) is 0 Å². The molecule has 1 aliphatic heterocycles. The standard InChI is InChI=1S/C14H20BrNO/c1-3-4-9(2)13-8-12(16)11-6-5-10(15)7-14(11)17-13/h5-7,9,12-13H,3-4,8,16H2,1-2H3/t9?,12-,13?/m0/s1. The van der Waals surface area contributed by atoms with E-state index in [1.165, 1.54) is 12.8 Å². The molecule has 94 valence electrons. The van der Waals surface area contributed by atoms with Crippen molar-refractivity contribution in [1.29, 1.82) is 0 Å². The van der Waals surface area contributed by atoms with Gasteiger partial charge in [0.2, 0.25) is 0 Å². The normalized spacial score (nSPS) is 24.9. The van der Waals surface area contributed by atoms with E-state index in [0.29, 0.717) is 5.92 Å². The molecule has 0 aromatic heterocycles. The molecule has 2 N–H and O–H groups in total. The molecule has 0 spiro atoms. The molecule has 1 heterocycles. The average Bonchev–Trinajstić information content (AvgIpc) is 2.28. The first-order valence-corrected chi connectivity index (χ1v) is 7.12. The third-order valence-corrected chi connectivity index (χ3v) is 4.01. The highest BCUT2D eigenvalue weighted by Crippen LogP contribution is 2.37. The highest BCUT2D eigenvalue weighted by atomic mass is 79.9. The number of benzene rings is 1. The van der Waals surface area contributed by atoms with Gasteiger partial charge >= 0.3 is 0 Å². The molecule has 1 aromatic carbocycles. The molecular weight excluding hydrogens is 278 g/mol. The predicted octanol–water partition coefficient (Wildman–Crippen LogP) is 4.04. The van der Waals surface area contributed by atoms with Crippen LogP contribution in [0.15, 0.2) is 22.7 Å². The highest BCUT2D eigenvalue weighted by molar-refractivity contribution is 9.10. The molecule has 0 fully saturated rings. The Morgan fingerprint density at radius 1 is 1.53 bits per heavy atom. The Morgan fingerprint density at radius 3 is 3.00 bits per heavy atom. The van der Waals surface area contributed by atoms with Crippen molar-refractivity contribution in [2.75, 3.05) is 0 Å². The van der Waals surface area contributed by atoms with Crippen LogP contribution in [-0.4, -0.2) is 6.10 Å². The van der Waals surface area contributed by atoms with Gasteiger partial charge in [-0.1, -0.05) is 42.3 Å². The first kappa shape index (κ1) is 12.9. The summed E-state index contributed by atoms with van der Waals surface area (Å²) in [6.45, 7) is 4.47. The van der Waals surface area contributed by atoms with E-state index in [4.69, 9.17) is 10.5 Å². The first-order chi connectivity index (χ1) is 8.11. The lowest BCUT2D eigenvalue weighted by Crippen LogP contribution is -2.34. The molecule has 0 saturated carbocycles. The van der Waals surface area contributed by atoms with Crippen molar-refractivity contribution in [3.63, 3.8) is 0 Å². The summed E-state index contributed by atoms with van der Waals surface area (Å²) in [5, 5.41) is 0. The largest absolute Gasteiger partial charge is 0.490 e. The first-order valence-electron chi connectivity index (χ1n) is 6.33. The summed E-state index contributed by atoms with van der Waals surface area (Å²) >= 11 is 3.48. The Hall–Kier alpha value is -0.540. The minimum Gasteiger partial charge on any atom is -0.490 e. The molecule has 2 unspecified atom stereocenters. The predicted molar refractivity (Wildman–Crippen MR) is 74.2 cm³/mol. The number of nitrogens with two attached hydrogens (primary N) is 1. The molecule has 2 rings (SSSR count). The Morgan fingerprint density at radius 2 is 2.29 bits per heavy atom. The zero-order valence-corrected chi connectivity index (χ0v) is 12.0. The zero-order chi connectivity index (χ0) is 12.4. The molecule has 1 aliphatic rings. The van der Waals surface area contributed by atoms with E-state index >= 15 is 0 Å². The van der Waals surface area contributed by atoms with Crippen LogP contribution in [0.4, 0.5) is 0 Å². The topological polar surface area (TPSA) is 35.2 Å². The summed E-state index contributed by atoms with van der Waals surface area (Å²) in [6, 6.07) is 6.22. The fraction of sp³-hybridized carbons (Fsp3) is 0.571. The van der Waals surface area contributed by atoms with Crippen molar-refractivity contribution in [3.05, 3.63) is 28.2 Å². The Labute approximate surface area is 112 Å². The van der Waals surface area contributed by atoms with Gasteiger partial charge in [0.15, 0.2) is 0 Å². The van der Waals surface area contributed by atoms with Crippen LogP contribution in [0.2, 0.25) is 0 Å². The maximum Gasteiger partial charge on any atom is 0.125 e. The molecule has 1 aromatic rings. The van der Waals surface area contributed by atoms with Crippen molar-refractivity contribution in [1.82, 2.24) is 0 Å². The van der Waals surface area contributed by atoms with Crippen molar-refractivity contribution in [2.24, 2.45) is 11.7 Å². The van der Waals surface area contributed by atoms with E-state index in [2.05, 4.69) is 35.8 Å². The van der Waals surface area contributed by atoms with Crippen LogP contribution in [0, 0.1) is 5.92 Å². The second-order valence-electron chi connectivity index (χ2n) is 4.95. The van der Waals surface area contributed by atoms with Crippen LogP contribution in [0.1, 0.15) is 44.7 Å². The number of rotatable bonds is 3. The smallest absolute Gasteiger partial charge is 0.125 e. The molecule has 17 heavy (non-hydrogen) atoms. The Bertz CT molecular complexity index is 394. The monoisotopic (exact) mass is 297 g/mol. The van der Waals surface area contributed by atoms with Gasteiger partial charge in [0.25, 0.3) is 0 Å². The second-order valence-corrected chi connectivity index (χ2v) is 5.86. The fourth-order valence-electron chi connectivity index (χ4n) is 2.49. The quantitative estimate of drug-likeness (QED) is 0.914. The van der Waals surface area contributed by atoms with Crippen LogP contribution >= 0.6 is 15.9 Å². The third-order valence-electron chi connectivity index (χ3n) is 3.52. The maximum absolute atomic E-state index is 6.23. The second kappa shape index (κ2) is 5.40. The van der Waals surface area contributed by atoms with Crippen molar-refractivity contribution in [3.8, 4) is 5.75 Å². The molecular formula is C14H20BrNO. The van der Waals surface area contributed by atoms with Gasteiger partial charge in [-0.2, -0.15) is 0 Å². The van der Waals surface area contributed by atoms with Crippen molar-refractivity contribution in [2.45, 2.75) is 45.3 Å². The minimum atomic E-state index is 0.108. The number of halogens is 1. The fourth-order valence-corrected chi connectivity index (χ4v) is 2.83. The van der Waals surface area contributed by atoms with Gasteiger partial charge < -0.3 is 10.5 Å². The molecule has 2 nitrogen and oxygen atoms in total. The summed E-state index contributed by atoms with van der Waals surface area (Å²) in [5.74, 6) is 1.52. The lowest BCUT2D eigenvalue weighted by atomic mass is 9.89. The van der Waals surface area contributed by atoms with Crippen molar-refractivity contribution < 1.29 is 4.74 Å². The van der Waals surface area contributed by atoms with E-state index in [1.807, 2.05) is 12.1 Å². The lowest BCUT2D eigenvalue weighted by Gasteiger charge is -2.33. The van der Waals surface area contributed by atoms with E-state index in [-0.39, 0.29) is 12.1 Å². The lowest BCUT2D eigenvalue weighted by molar-refractivity contribution is 0.102. The zero-order valence-electron chi connectivity index (χ0n) is 10.4. The highest BCUT2D eigenvalue weighted by Gasteiger charge is 2.29. The number of hydrogen-bond donors (Lipinski definition) is 1. The summed E-state index contributed by atoms with van der Waals surface area (Å²) in [5.41, 5.74) is 7.36. The molecule has 0 amide bonds. The van der Waals surface area contributed by atoms with Crippen LogP contribution < -0.4 is 10.5 Å². The van der Waals surface area contributed by atoms with Crippen LogP contribution in [0.3, 0.4) is 0 Å². The van der Waals surface area contributed by atoms with Gasteiger partial charge in [-0.15, -0.1) is 0 Å². The Balaban J connectivity index is 2.19. The summed E-state index contributed by atoms with van der Waals surface area (Å²) in [4.78, 5) is 0. The van der Waals surface area contributed by atoms with E-state index < -0.39 is 0 Å². The number of fused-ring (bicyclic) bond motifs is 1. The van der Waals surface area contributed by atoms with Gasteiger partial charge in [0, 0.05) is 22.5 Å². The van der Waals surface area contributed by atoms with Crippen LogP contribution in [0.5, 0.6) is 5.75 Å². The summed E-state index contributed by atoms with van der Waals surface area (Å²) in [6.07, 6.45) is 3.57. The van der Waals surface area contributed by atoms with Gasteiger partial charge in [-0.3, -0.25) is 0 Å². The molecule has 3 atom stereocenters. The van der Waals surface area contributed by atoms with Gasteiger partial charge in [0.1, 0.15) is 11.9 Å². The third kappa shape index (κ3) is 2.83. The van der Waals surface area contributed by atoms with Gasteiger partial charge in [0.05, 0.1) is 0 Å². The number of ether oxygens (including phenoxy) is 1. The van der Waals surface area contributed by atoms with Crippen LogP contribution in [0.25, 0.3) is 0 Å². The van der Waals surface area contributed by atoms with Gasteiger partial charge in [-0.25, -0.2) is 0 Å². The van der Waals surface area contributed by atoms with Gasteiger partial charge in [-0.05, 0) is 24.5 Å². The maximum atomic E-state index is 6.23. The van der Waals surface area contributed by atoms with E-state index in [0.717, 1.165) is 22.2 Å². The average molecular weight is 298 g/mol. The molecule has 0 radical (unpaired) electrons. The minimum absolute atomic E-state index is 0.108. The SMILES string of the molecule is CCCC(C)C1C[C@H](N)c2ccc(Br)cc2O1. The summed E-state index contributed by atoms with van der Waals surface area (Å²) in [7, 11) is 0. The Kier molecular flexibility index (Phi) is 4.10. The number of hydrogen-bond acceptors (Lipinski definition) is 2.